The molecule has 1 aromatic carbocycles. The summed E-state index contributed by atoms with van der Waals surface area (Å²) in [4.78, 5) is 26.6. The van der Waals surface area contributed by atoms with Gasteiger partial charge in [-0.1, -0.05) is 18.2 Å². The lowest BCUT2D eigenvalue weighted by Gasteiger charge is -2.18. The van der Waals surface area contributed by atoms with Crippen molar-refractivity contribution in [3.63, 3.8) is 0 Å². The minimum absolute atomic E-state index is 0.0271. The molecule has 2 amide bonds. The molecule has 1 N–H and O–H groups in total. The van der Waals surface area contributed by atoms with Crippen LogP contribution in [-0.2, 0) is 4.79 Å². The maximum absolute atomic E-state index is 12.6. The van der Waals surface area contributed by atoms with Crippen LogP contribution in [0.1, 0.15) is 21.7 Å². The molecule has 0 spiro atoms. The monoisotopic (exact) mass is 288 g/mol. The van der Waals surface area contributed by atoms with Crippen molar-refractivity contribution in [1.82, 2.24) is 10.2 Å². The number of hydrogen-bond acceptors (Lipinski definition) is 3. The summed E-state index contributed by atoms with van der Waals surface area (Å²) in [6.07, 6.45) is 0.807. The highest BCUT2D eigenvalue weighted by molar-refractivity contribution is 7.21. The normalized spacial score (nSPS) is 16.1. The molecule has 0 aliphatic carbocycles. The molecule has 0 saturated carbocycles. The summed E-state index contributed by atoms with van der Waals surface area (Å²) in [5.41, 5.74) is 1.01. The zero-order valence-corrected chi connectivity index (χ0v) is 12.1. The van der Waals surface area contributed by atoms with Crippen molar-refractivity contribution in [2.24, 2.45) is 0 Å². The Morgan fingerprint density at radius 2 is 2.15 bits per heavy atom. The molecule has 5 heteroatoms. The van der Waals surface area contributed by atoms with Crippen molar-refractivity contribution in [2.45, 2.75) is 13.3 Å². The molecule has 20 heavy (non-hydrogen) atoms. The SMILES string of the molecule is Cc1c(C(=O)N2CCCNC(=O)C2)sc2ccccc12. The second-order valence-corrected chi connectivity index (χ2v) is 6.03. The van der Waals surface area contributed by atoms with E-state index in [4.69, 9.17) is 0 Å². The number of hydrogen-bond donors (Lipinski definition) is 1. The van der Waals surface area contributed by atoms with Gasteiger partial charge in [0.15, 0.2) is 0 Å². The number of fused-ring (bicyclic) bond motifs is 1. The van der Waals surface area contributed by atoms with E-state index >= 15 is 0 Å². The molecule has 1 aliphatic rings. The first kappa shape index (κ1) is 13.1. The maximum atomic E-state index is 12.6. The third-order valence-corrected chi connectivity index (χ3v) is 4.85. The summed E-state index contributed by atoms with van der Waals surface area (Å²) in [6.45, 7) is 3.41. The van der Waals surface area contributed by atoms with Crippen LogP contribution in [0.5, 0.6) is 0 Å². The molecular weight excluding hydrogens is 272 g/mol. The Morgan fingerprint density at radius 1 is 1.35 bits per heavy atom. The highest BCUT2D eigenvalue weighted by Crippen LogP contribution is 2.31. The van der Waals surface area contributed by atoms with Crippen molar-refractivity contribution in [2.75, 3.05) is 19.6 Å². The van der Waals surface area contributed by atoms with Crippen LogP contribution in [0.2, 0.25) is 0 Å². The summed E-state index contributed by atoms with van der Waals surface area (Å²) in [5.74, 6) is -0.102. The van der Waals surface area contributed by atoms with Crippen molar-refractivity contribution in [3.8, 4) is 0 Å². The van der Waals surface area contributed by atoms with Gasteiger partial charge in [-0.15, -0.1) is 11.3 Å². The third kappa shape index (κ3) is 2.29. The van der Waals surface area contributed by atoms with E-state index < -0.39 is 0 Å². The molecule has 3 rings (SSSR count). The number of nitrogens with one attached hydrogen (secondary N) is 1. The fourth-order valence-corrected chi connectivity index (χ4v) is 3.68. The molecule has 2 heterocycles. The number of nitrogens with zero attached hydrogens (tertiary/aromatic N) is 1. The molecule has 0 atom stereocenters. The lowest BCUT2D eigenvalue weighted by atomic mass is 10.1. The number of aryl methyl sites for hydroxylation is 1. The highest BCUT2D eigenvalue weighted by Gasteiger charge is 2.24. The number of carbonyl (C=O) groups is 2. The van der Waals surface area contributed by atoms with Crippen molar-refractivity contribution in [1.29, 1.82) is 0 Å². The Balaban J connectivity index is 1.95. The first-order chi connectivity index (χ1) is 9.66. The smallest absolute Gasteiger partial charge is 0.264 e. The molecular formula is C15H16N2O2S. The average molecular weight is 288 g/mol. The number of amides is 2. The predicted molar refractivity (Wildman–Crippen MR) is 80.1 cm³/mol. The van der Waals surface area contributed by atoms with Crippen LogP contribution in [0.25, 0.3) is 10.1 Å². The maximum Gasteiger partial charge on any atom is 0.264 e. The average Bonchev–Trinajstić information content (AvgIpc) is 2.64. The quantitative estimate of drug-likeness (QED) is 0.874. The second-order valence-electron chi connectivity index (χ2n) is 4.98. The fraction of sp³-hybridized carbons (Fsp3) is 0.333. The third-order valence-electron chi connectivity index (χ3n) is 3.59. The van der Waals surface area contributed by atoms with Gasteiger partial charge in [0, 0.05) is 17.8 Å². The topological polar surface area (TPSA) is 49.4 Å². The van der Waals surface area contributed by atoms with Crippen LogP contribution in [0.15, 0.2) is 24.3 Å². The Kier molecular flexibility index (Phi) is 3.44. The van der Waals surface area contributed by atoms with Gasteiger partial charge < -0.3 is 10.2 Å². The van der Waals surface area contributed by atoms with E-state index in [9.17, 15) is 9.59 Å². The Morgan fingerprint density at radius 3 is 2.95 bits per heavy atom. The van der Waals surface area contributed by atoms with Crippen molar-refractivity contribution in [3.05, 3.63) is 34.7 Å². The van der Waals surface area contributed by atoms with Crippen LogP contribution in [0, 0.1) is 6.92 Å². The van der Waals surface area contributed by atoms with E-state index in [0.29, 0.717) is 13.1 Å². The van der Waals surface area contributed by atoms with Gasteiger partial charge >= 0.3 is 0 Å². The first-order valence-electron chi connectivity index (χ1n) is 6.71. The van der Waals surface area contributed by atoms with Crippen molar-refractivity contribution >= 4 is 33.2 Å². The van der Waals surface area contributed by atoms with E-state index in [0.717, 1.165) is 26.9 Å². The zero-order chi connectivity index (χ0) is 14.1. The number of carbonyl (C=O) groups excluding carboxylic acids is 2. The minimum Gasteiger partial charge on any atom is -0.354 e. The summed E-state index contributed by atoms with van der Waals surface area (Å²) in [7, 11) is 0. The van der Waals surface area contributed by atoms with Crippen LogP contribution in [0.3, 0.4) is 0 Å². The highest BCUT2D eigenvalue weighted by atomic mass is 32.1. The van der Waals surface area contributed by atoms with Crippen LogP contribution in [0.4, 0.5) is 0 Å². The molecule has 2 aromatic rings. The van der Waals surface area contributed by atoms with Gasteiger partial charge in [-0.3, -0.25) is 9.59 Å². The molecule has 1 aliphatic heterocycles. The number of rotatable bonds is 1. The van der Waals surface area contributed by atoms with Gasteiger partial charge in [-0.05, 0) is 30.4 Å². The van der Waals surface area contributed by atoms with Crippen LogP contribution < -0.4 is 5.32 Å². The molecule has 1 fully saturated rings. The first-order valence-corrected chi connectivity index (χ1v) is 7.52. The predicted octanol–water partition coefficient (Wildman–Crippen LogP) is 2.17. The van der Waals surface area contributed by atoms with E-state index in [1.807, 2.05) is 31.2 Å². The molecule has 0 bridgehead atoms. The number of benzene rings is 1. The van der Waals surface area contributed by atoms with Crippen molar-refractivity contribution < 1.29 is 9.59 Å². The number of thiophene rings is 1. The van der Waals surface area contributed by atoms with Gasteiger partial charge in [0.1, 0.15) is 0 Å². The molecule has 0 unspecified atom stereocenters. The zero-order valence-electron chi connectivity index (χ0n) is 11.3. The Labute approximate surface area is 121 Å². The van der Waals surface area contributed by atoms with E-state index in [1.54, 1.807) is 4.90 Å². The fourth-order valence-electron chi connectivity index (χ4n) is 2.50. The lowest BCUT2D eigenvalue weighted by molar-refractivity contribution is -0.121. The minimum atomic E-state index is -0.0744. The van der Waals surface area contributed by atoms with Gasteiger partial charge in [0.2, 0.25) is 5.91 Å². The molecule has 1 aromatic heterocycles. The standard InChI is InChI=1S/C15H16N2O2S/c1-10-11-5-2-3-6-12(11)20-14(10)15(19)17-8-4-7-16-13(18)9-17/h2-3,5-6H,4,7-9H2,1H3,(H,16,18). The Hall–Kier alpha value is -1.88. The molecule has 104 valence electrons. The Bertz CT molecular complexity index is 678. The largest absolute Gasteiger partial charge is 0.354 e. The molecule has 4 nitrogen and oxygen atoms in total. The summed E-state index contributed by atoms with van der Waals surface area (Å²) >= 11 is 1.51. The van der Waals surface area contributed by atoms with Gasteiger partial charge in [-0.2, -0.15) is 0 Å². The van der Waals surface area contributed by atoms with Gasteiger partial charge in [-0.25, -0.2) is 0 Å². The lowest BCUT2D eigenvalue weighted by Crippen LogP contribution is -2.37. The summed E-state index contributed by atoms with van der Waals surface area (Å²) in [6, 6.07) is 8.02. The second kappa shape index (κ2) is 5.25. The summed E-state index contributed by atoms with van der Waals surface area (Å²) < 4.78 is 1.12. The molecule has 1 saturated heterocycles. The van der Waals surface area contributed by atoms with E-state index in [2.05, 4.69) is 5.32 Å². The van der Waals surface area contributed by atoms with Gasteiger partial charge in [0.25, 0.3) is 5.91 Å². The van der Waals surface area contributed by atoms with E-state index in [-0.39, 0.29) is 18.4 Å². The summed E-state index contributed by atoms with van der Waals surface area (Å²) in [5, 5.41) is 3.92. The van der Waals surface area contributed by atoms with Gasteiger partial charge in [0.05, 0.1) is 11.4 Å². The van der Waals surface area contributed by atoms with Crippen LogP contribution in [-0.4, -0.2) is 36.3 Å². The van der Waals surface area contributed by atoms with E-state index in [1.165, 1.54) is 11.3 Å². The van der Waals surface area contributed by atoms with Crippen LogP contribution >= 0.6 is 11.3 Å². The molecule has 0 radical (unpaired) electrons.